The lowest BCUT2D eigenvalue weighted by Gasteiger charge is -2.10. The van der Waals surface area contributed by atoms with Gasteiger partial charge >= 0.3 is 0 Å². The third-order valence-electron chi connectivity index (χ3n) is 1.31. The predicted octanol–water partition coefficient (Wildman–Crippen LogP) is 1.54. The van der Waals surface area contributed by atoms with Gasteiger partial charge in [0, 0.05) is 0 Å². The van der Waals surface area contributed by atoms with Crippen molar-refractivity contribution in [3.8, 4) is 5.75 Å². The topological polar surface area (TPSA) is 49.5 Å². The van der Waals surface area contributed by atoms with E-state index in [2.05, 4.69) is 0 Å². The molecule has 66 valence electrons. The number of hydrogen-bond acceptors (Lipinski definition) is 4. The van der Waals surface area contributed by atoms with E-state index >= 15 is 0 Å². The molecule has 1 aromatic carbocycles. The Hall–Kier alpha value is -0.870. The molecule has 0 spiro atoms. The smallest absolute Gasteiger partial charge is 0.153 e. The van der Waals surface area contributed by atoms with Crippen molar-refractivity contribution in [1.82, 2.24) is 4.31 Å². The summed E-state index contributed by atoms with van der Waals surface area (Å²) in [7, 11) is 3.82. The van der Waals surface area contributed by atoms with Gasteiger partial charge in [0.25, 0.3) is 0 Å². The molecule has 0 aliphatic carbocycles. The lowest BCUT2D eigenvalue weighted by molar-refractivity contribution is 0.464. The lowest BCUT2D eigenvalue weighted by atomic mass is 10.3. The normalized spacial score (nSPS) is 10.6. The summed E-state index contributed by atoms with van der Waals surface area (Å²) in [4.78, 5) is 0.778. The first-order chi connectivity index (χ1) is 5.61. The quantitative estimate of drug-likeness (QED) is 0.416. The number of nitrogen functional groups attached to an aromatic ring is 1. The van der Waals surface area contributed by atoms with Crippen molar-refractivity contribution >= 4 is 17.6 Å². The Morgan fingerprint density at radius 2 is 2.08 bits per heavy atom. The number of nitrogens with two attached hydrogens (primary N) is 1. The van der Waals surface area contributed by atoms with Crippen molar-refractivity contribution in [2.45, 2.75) is 4.90 Å². The molecule has 1 rings (SSSR count). The highest BCUT2D eigenvalue weighted by Gasteiger charge is 2.05. The second-order valence-corrected chi connectivity index (χ2v) is 3.95. The van der Waals surface area contributed by atoms with Crippen molar-refractivity contribution in [2.75, 3.05) is 19.8 Å². The maximum Gasteiger partial charge on any atom is 0.153 e. The van der Waals surface area contributed by atoms with Crippen LogP contribution in [-0.4, -0.2) is 23.5 Å². The minimum Gasteiger partial charge on any atom is -0.505 e. The Kier molecular flexibility index (Phi) is 2.83. The van der Waals surface area contributed by atoms with Crippen LogP contribution in [0, 0.1) is 0 Å². The summed E-state index contributed by atoms with van der Waals surface area (Å²) < 4.78 is 1.90. The summed E-state index contributed by atoms with van der Waals surface area (Å²) in [5.41, 5.74) is 5.93. The summed E-state index contributed by atoms with van der Waals surface area (Å²) in [6, 6.07) is 5.33. The van der Waals surface area contributed by atoms with Crippen LogP contribution in [-0.2, 0) is 0 Å². The summed E-state index contributed by atoms with van der Waals surface area (Å²) in [6.45, 7) is 0. The molecular weight excluding hydrogens is 172 g/mol. The number of aromatic hydroxyl groups is 1. The molecule has 0 bridgehead atoms. The van der Waals surface area contributed by atoms with Crippen LogP contribution in [0.25, 0.3) is 0 Å². The van der Waals surface area contributed by atoms with Gasteiger partial charge in [0.1, 0.15) is 0 Å². The molecule has 0 aromatic heterocycles. The Morgan fingerprint density at radius 1 is 1.42 bits per heavy atom. The molecule has 12 heavy (non-hydrogen) atoms. The molecule has 0 saturated carbocycles. The zero-order valence-electron chi connectivity index (χ0n) is 7.11. The highest BCUT2D eigenvalue weighted by Crippen LogP contribution is 2.33. The lowest BCUT2D eigenvalue weighted by Crippen LogP contribution is -1.99. The molecule has 0 fully saturated rings. The maximum absolute atomic E-state index is 9.47. The third kappa shape index (κ3) is 2.06. The number of para-hydroxylation sites is 1. The van der Waals surface area contributed by atoms with Gasteiger partial charge in [-0.2, -0.15) is 0 Å². The van der Waals surface area contributed by atoms with Crippen molar-refractivity contribution in [2.24, 2.45) is 0 Å². The fourth-order valence-corrected chi connectivity index (χ4v) is 1.55. The van der Waals surface area contributed by atoms with Crippen LogP contribution in [0.5, 0.6) is 5.75 Å². The van der Waals surface area contributed by atoms with E-state index in [0.29, 0.717) is 5.69 Å². The summed E-state index contributed by atoms with van der Waals surface area (Å²) in [6.07, 6.45) is 0. The van der Waals surface area contributed by atoms with E-state index in [1.54, 1.807) is 6.07 Å². The second-order valence-electron chi connectivity index (χ2n) is 2.60. The van der Waals surface area contributed by atoms with E-state index in [4.69, 9.17) is 5.73 Å². The van der Waals surface area contributed by atoms with Crippen molar-refractivity contribution in [1.29, 1.82) is 0 Å². The monoisotopic (exact) mass is 184 g/mol. The van der Waals surface area contributed by atoms with Crippen LogP contribution in [0.4, 0.5) is 5.69 Å². The zero-order valence-corrected chi connectivity index (χ0v) is 7.93. The Morgan fingerprint density at radius 3 is 2.67 bits per heavy atom. The van der Waals surface area contributed by atoms with E-state index in [1.165, 1.54) is 11.9 Å². The van der Waals surface area contributed by atoms with Crippen LogP contribution in [0.3, 0.4) is 0 Å². The first kappa shape index (κ1) is 9.22. The summed E-state index contributed by atoms with van der Waals surface area (Å²) in [5, 5.41) is 9.47. The van der Waals surface area contributed by atoms with Crippen molar-refractivity contribution < 1.29 is 5.11 Å². The molecule has 0 aliphatic rings. The third-order valence-corrected chi connectivity index (χ3v) is 2.20. The Balaban J connectivity index is 2.92. The van der Waals surface area contributed by atoms with Gasteiger partial charge in [0.2, 0.25) is 0 Å². The first-order valence-electron chi connectivity index (χ1n) is 3.54. The van der Waals surface area contributed by atoms with Crippen LogP contribution < -0.4 is 5.73 Å². The predicted molar refractivity (Wildman–Crippen MR) is 52.1 cm³/mol. The highest BCUT2D eigenvalue weighted by molar-refractivity contribution is 7.97. The Bertz CT molecular complexity index is 276. The molecule has 0 atom stereocenters. The zero-order chi connectivity index (χ0) is 9.14. The van der Waals surface area contributed by atoms with E-state index in [0.717, 1.165) is 4.90 Å². The SMILES string of the molecule is CN(C)Sc1cccc(N)c1O. The second kappa shape index (κ2) is 3.69. The largest absolute Gasteiger partial charge is 0.505 e. The van der Waals surface area contributed by atoms with E-state index in [9.17, 15) is 5.11 Å². The van der Waals surface area contributed by atoms with E-state index < -0.39 is 0 Å². The van der Waals surface area contributed by atoms with Crippen molar-refractivity contribution in [3.63, 3.8) is 0 Å². The average molecular weight is 184 g/mol. The standard InChI is InChI=1S/C8H12N2OS/c1-10(2)12-7-5-3-4-6(9)8(7)11/h3-5,11H,9H2,1-2H3. The van der Waals surface area contributed by atoms with E-state index in [-0.39, 0.29) is 5.75 Å². The number of nitrogens with zero attached hydrogens (tertiary/aromatic N) is 1. The maximum atomic E-state index is 9.47. The van der Waals surface area contributed by atoms with Crippen LogP contribution >= 0.6 is 11.9 Å². The van der Waals surface area contributed by atoms with E-state index in [1.807, 2.05) is 30.5 Å². The Labute approximate surface area is 76.3 Å². The summed E-state index contributed by atoms with van der Waals surface area (Å²) in [5.74, 6) is 0.163. The molecule has 4 heteroatoms. The molecule has 0 heterocycles. The molecular formula is C8H12N2OS. The van der Waals surface area contributed by atoms with Crippen LogP contribution in [0.15, 0.2) is 23.1 Å². The molecule has 3 N–H and O–H groups in total. The number of rotatable bonds is 2. The summed E-state index contributed by atoms with van der Waals surface area (Å²) >= 11 is 1.44. The van der Waals surface area contributed by atoms with Gasteiger partial charge in [-0.3, -0.25) is 4.31 Å². The molecule has 0 amide bonds. The minimum atomic E-state index is 0.163. The molecule has 1 aromatic rings. The van der Waals surface area contributed by atoms with Crippen LogP contribution in [0.2, 0.25) is 0 Å². The molecule has 0 saturated heterocycles. The van der Waals surface area contributed by atoms with Gasteiger partial charge in [-0.05, 0) is 38.2 Å². The number of benzene rings is 1. The van der Waals surface area contributed by atoms with Gasteiger partial charge in [-0.25, -0.2) is 0 Å². The minimum absolute atomic E-state index is 0.163. The number of phenolic OH excluding ortho intramolecular Hbond substituents is 1. The highest BCUT2D eigenvalue weighted by atomic mass is 32.2. The number of phenols is 1. The first-order valence-corrected chi connectivity index (χ1v) is 4.31. The number of hydrogen-bond donors (Lipinski definition) is 2. The van der Waals surface area contributed by atoms with Gasteiger partial charge in [0.15, 0.2) is 5.75 Å². The van der Waals surface area contributed by atoms with Gasteiger partial charge < -0.3 is 10.8 Å². The average Bonchev–Trinajstić information content (AvgIpc) is 1.98. The van der Waals surface area contributed by atoms with Gasteiger partial charge in [-0.1, -0.05) is 6.07 Å². The van der Waals surface area contributed by atoms with Crippen molar-refractivity contribution in [3.05, 3.63) is 18.2 Å². The fraction of sp³-hybridized carbons (Fsp3) is 0.250. The fourth-order valence-electron chi connectivity index (χ4n) is 0.810. The van der Waals surface area contributed by atoms with Gasteiger partial charge in [0.05, 0.1) is 10.6 Å². The number of anilines is 1. The van der Waals surface area contributed by atoms with Crippen LogP contribution in [0.1, 0.15) is 0 Å². The van der Waals surface area contributed by atoms with Gasteiger partial charge in [-0.15, -0.1) is 0 Å². The molecule has 0 radical (unpaired) electrons. The molecule has 0 aliphatic heterocycles. The molecule has 3 nitrogen and oxygen atoms in total. The molecule has 0 unspecified atom stereocenters.